The van der Waals surface area contributed by atoms with E-state index in [1.807, 2.05) is 48.5 Å². The van der Waals surface area contributed by atoms with Gasteiger partial charge in [-0.15, -0.1) is 10.2 Å². The number of nitrogens with zero attached hydrogens (tertiary/aromatic N) is 4. The number of hydrogen-bond acceptors (Lipinski definition) is 6. The molecule has 0 spiro atoms. The lowest BCUT2D eigenvalue weighted by Crippen LogP contribution is -2.43. The van der Waals surface area contributed by atoms with Gasteiger partial charge in [-0.25, -0.2) is 0 Å². The number of methoxy groups -OCH3 is 1. The highest BCUT2D eigenvalue weighted by Gasteiger charge is 2.26. The van der Waals surface area contributed by atoms with E-state index >= 15 is 0 Å². The number of hydrogen-bond donors (Lipinski definition) is 1. The van der Waals surface area contributed by atoms with Crippen molar-refractivity contribution in [1.29, 1.82) is 0 Å². The van der Waals surface area contributed by atoms with Gasteiger partial charge in [0, 0.05) is 37.6 Å². The summed E-state index contributed by atoms with van der Waals surface area (Å²) in [6.07, 6.45) is 5.34. The van der Waals surface area contributed by atoms with Gasteiger partial charge < -0.3 is 15.0 Å². The number of pyridine rings is 1. The van der Waals surface area contributed by atoms with Crippen LogP contribution >= 0.6 is 0 Å². The molecule has 1 saturated heterocycles. The van der Waals surface area contributed by atoms with Crippen molar-refractivity contribution in [2.45, 2.75) is 19.4 Å². The summed E-state index contributed by atoms with van der Waals surface area (Å²) in [5.41, 5.74) is 2.78. The van der Waals surface area contributed by atoms with Gasteiger partial charge in [0.1, 0.15) is 5.75 Å². The van der Waals surface area contributed by atoms with Crippen molar-refractivity contribution in [1.82, 2.24) is 20.5 Å². The van der Waals surface area contributed by atoms with E-state index in [1.54, 1.807) is 19.5 Å². The number of piperidine rings is 1. The zero-order valence-electron chi connectivity index (χ0n) is 17.0. The maximum Gasteiger partial charge on any atom is 0.225 e. The molecule has 0 bridgehead atoms. The highest BCUT2D eigenvalue weighted by Crippen LogP contribution is 2.23. The number of ether oxygens (including phenoxy) is 1. The van der Waals surface area contributed by atoms with E-state index in [9.17, 15) is 4.79 Å². The smallest absolute Gasteiger partial charge is 0.225 e. The first kappa shape index (κ1) is 19.8. The summed E-state index contributed by atoms with van der Waals surface area (Å²) >= 11 is 0. The first-order valence-corrected chi connectivity index (χ1v) is 10.1. The van der Waals surface area contributed by atoms with Gasteiger partial charge in [0.05, 0.1) is 18.7 Å². The van der Waals surface area contributed by atoms with Gasteiger partial charge in [-0.2, -0.15) is 0 Å². The molecule has 7 heteroatoms. The van der Waals surface area contributed by atoms with Crippen molar-refractivity contribution >= 4 is 11.7 Å². The molecule has 7 nitrogen and oxygen atoms in total. The molecule has 3 aromatic rings. The normalized spacial score (nSPS) is 16.2. The number of aromatic nitrogens is 3. The van der Waals surface area contributed by atoms with Gasteiger partial charge in [-0.1, -0.05) is 12.1 Å². The molecule has 1 unspecified atom stereocenters. The fraction of sp³-hybridized carbons (Fsp3) is 0.304. The molecule has 1 N–H and O–H groups in total. The van der Waals surface area contributed by atoms with Crippen LogP contribution in [0.5, 0.6) is 5.75 Å². The predicted octanol–water partition coefficient (Wildman–Crippen LogP) is 3.08. The summed E-state index contributed by atoms with van der Waals surface area (Å²) in [6.45, 7) is 2.04. The second kappa shape index (κ2) is 9.35. The Bertz CT molecular complexity index is 961. The monoisotopic (exact) mass is 403 g/mol. The summed E-state index contributed by atoms with van der Waals surface area (Å²) < 4.78 is 5.17. The van der Waals surface area contributed by atoms with Gasteiger partial charge >= 0.3 is 0 Å². The van der Waals surface area contributed by atoms with E-state index in [2.05, 4.69) is 25.4 Å². The van der Waals surface area contributed by atoms with Gasteiger partial charge in [-0.05, 0) is 54.8 Å². The number of amides is 1. The summed E-state index contributed by atoms with van der Waals surface area (Å²) in [4.78, 5) is 19.0. The van der Waals surface area contributed by atoms with Gasteiger partial charge in [0.2, 0.25) is 5.91 Å². The van der Waals surface area contributed by atoms with Gasteiger partial charge in [-0.3, -0.25) is 9.78 Å². The minimum absolute atomic E-state index is 0.0585. The molecule has 154 valence electrons. The minimum atomic E-state index is -0.0585. The summed E-state index contributed by atoms with van der Waals surface area (Å²) in [7, 11) is 1.64. The second-order valence-electron chi connectivity index (χ2n) is 7.37. The lowest BCUT2D eigenvalue weighted by Gasteiger charge is -2.32. The molecule has 0 saturated carbocycles. The van der Waals surface area contributed by atoms with E-state index in [0.29, 0.717) is 13.1 Å². The quantitative estimate of drug-likeness (QED) is 0.681. The van der Waals surface area contributed by atoms with Crippen LogP contribution in [0.15, 0.2) is 60.9 Å². The first-order valence-electron chi connectivity index (χ1n) is 10.1. The molecule has 1 aliphatic heterocycles. The van der Waals surface area contributed by atoms with Gasteiger partial charge in [0.15, 0.2) is 5.82 Å². The number of anilines is 1. The third-order valence-corrected chi connectivity index (χ3v) is 5.35. The van der Waals surface area contributed by atoms with Crippen LogP contribution in [-0.4, -0.2) is 41.3 Å². The fourth-order valence-corrected chi connectivity index (χ4v) is 3.64. The zero-order valence-corrected chi connectivity index (χ0v) is 17.0. The molecule has 1 fully saturated rings. The van der Waals surface area contributed by atoms with Crippen LogP contribution in [0.3, 0.4) is 0 Å². The third-order valence-electron chi connectivity index (χ3n) is 5.35. The van der Waals surface area contributed by atoms with Crippen molar-refractivity contribution in [2.24, 2.45) is 5.92 Å². The first-order chi connectivity index (χ1) is 14.7. The predicted molar refractivity (Wildman–Crippen MR) is 115 cm³/mol. The second-order valence-corrected chi connectivity index (χ2v) is 7.37. The van der Waals surface area contributed by atoms with Crippen LogP contribution in [0.2, 0.25) is 0 Å². The number of rotatable bonds is 6. The Morgan fingerprint density at radius 3 is 2.73 bits per heavy atom. The molecule has 4 rings (SSSR count). The van der Waals surface area contributed by atoms with Crippen molar-refractivity contribution in [3.05, 3.63) is 66.5 Å². The van der Waals surface area contributed by atoms with Crippen molar-refractivity contribution in [3.8, 4) is 17.0 Å². The maximum absolute atomic E-state index is 12.7. The summed E-state index contributed by atoms with van der Waals surface area (Å²) in [5.74, 6) is 1.63. The Hall–Kier alpha value is -3.48. The Labute approximate surface area is 176 Å². The SMILES string of the molecule is COc1ccc(CNC(=O)C2CCCN(c3ccc(-c4cccnc4)nn3)C2)cc1. The van der Waals surface area contributed by atoms with Crippen LogP contribution in [0, 0.1) is 5.92 Å². The molecule has 2 aromatic heterocycles. The average Bonchev–Trinajstić information content (AvgIpc) is 2.83. The van der Waals surface area contributed by atoms with E-state index in [1.165, 1.54) is 0 Å². The van der Waals surface area contributed by atoms with E-state index in [0.717, 1.165) is 47.8 Å². The van der Waals surface area contributed by atoms with Gasteiger partial charge in [0.25, 0.3) is 0 Å². The van der Waals surface area contributed by atoms with Crippen molar-refractivity contribution < 1.29 is 9.53 Å². The van der Waals surface area contributed by atoms with Crippen LogP contribution in [0.1, 0.15) is 18.4 Å². The molecule has 1 aliphatic rings. The number of carbonyl (C=O) groups is 1. The molecular formula is C23H25N5O2. The highest BCUT2D eigenvalue weighted by molar-refractivity contribution is 5.79. The average molecular weight is 403 g/mol. The minimum Gasteiger partial charge on any atom is -0.497 e. The molecule has 30 heavy (non-hydrogen) atoms. The number of nitrogens with one attached hydrogen (secondary N) is 1. The highest BCUT2D eigenvalue weighted by atomic mass is 16.5. The summed E-state index contributed by atoms with van der Waals surface area (Å²) in [5, 5.41) is 11.8. The van der Waals surface area contributed by atoms with Crippen molar-refractivity contribution in [2.75, 3.05) is 25.1 Å². The molecule has 1 amide bonds. The molecule has 0 aliphatic carbocycles. The Morgan fingerprint density at radius 1 is 1.17 bits per heavy atom. The number of benzene rings is 1. The van der Waals surface area contributed by atoms with Crippen LogP contribution in [0.25, 0.3) is 11.3 Å². The summed E-state index contributed by atoms with van der Waals surface area (Å²) in [6, 6.07) is 15.5. The maximum atomic E-state index is 12.7. The molecule has 1 aromatic carbocycles. The van der Waals surface area contributed by atoms with E-state index in [4.69, 9.17) is 4.74 Å². The fourth-order valence-electron chi connectivity index (χ4n) is 3.64. The molecule has 3 heterocycles. The zero-order chi connectivity index (χ0) is 20.8. The van der Waals surface area contributed by atoms with Crippen LogP contribution in [-0.2, 0) is 11.3 Å². The van der Waals surface area contributed by atoms with Crippen molar-refractivity contribution in [3.63, 3.8) is 0 Å². The largest absolute Gasteiger partial charge is 0.497 e. The molecule has 1 atom stereocenters. The topological polar surface area (TPSA) is 80.2 Å². The lowest BCUT2D eigenvalue weighted by atomic mass is 9.97. The third kappa shape index (κ3) is 4.74. The Morgan fingerprint density at radius 2 is 2.03 bits per heavy atom. The van der Waals surface area contributed by atoms with E-state index in [-0.39, 0.29) is 11.8 Å². The Kier molecular flexibility index (Phi) is 6.17. The number of carbonyl (C=O) groups excluding carboxylic acids is 1. The Balaban J connectivity index is 1.34. The lowest BCUT2D eigenvalue weighted by molar-refractivity contribution is -0.125. The molecular weight excluding hydrogens is 378 g/mol. The van der Waals surface area contributed by atoms with Crippen LogP contribution in [0.4, 0.5) is 5.82 Å². The van der Waals surface area contributed by atoms with E-state index < -0.39 is 0 Å². The van der Waals surface area contributed by atoms with Crippen LogP contribution < -0.4 is 15.0 Å². The molecule has 0 radical (unpaired) electrons. The standard InChI is InChI=1S/C23H25N5O2/c1-30-20-8-6-17(7-9-20)14-25-23(29)19-5-3-13-28(16-19)22-11-10-21(26-27-22)18-4-2-12-24-15-18/h2,4,6-12,15,19H,3,5,13-14,16H2,1H3,(H,25,29).